The molecule has 0 saturated carbocycles. The third-order valence-corrected chi connectivity index (χ3v) is 4.07. The van der Waals surface area contributed by atoms with E-state index in [-0.39, 0.29) is 0 Å². The number of nitrogens with zero attached hydrogens (tertiary/aromatic N) is 2. The maximum absolute atomic E-state index is 5.26. The van der Waals surface area contributed by atoms with Crippen LogP contribution in [0.15, 0.2) is 31.0 Å². The first kappa shape index (κ1) is 12.6. The molecular weight excluding hydrogens is 270 g/mol. The van der Waals surface area contributed by atoms with Gasteiger partial charge >= 0.3 is 0 Å². The van der Waals surface area contributed by atoms with Crippen LogP contribution in [-0.4, -0.2) is 23.0 Å². The molecule has 0 saturated heterocycles. The Balaban J connectivity index is 2.15. The maximum Gasteiger partial charge on any atom is 0.195 e. The lowest BCUT2D eigenvalue weighted by Crippen LogP contribution is -2.12. The minimum Gasteiger partial charge on any atom is -0.497 e. The highest BCUT2D eigenvalue weighted by molar-refractivity contribution is 7.23. The largest absolute Gasteiger partial charge is 0.497 e. The number of benzene rings is 1. The van der Waals surface area contributed by atoms with E-state index in [1.165, 1.54) is 0 Å². The first-order valence-corrected chi connectivity index (χ1v) is 6.87. The number of nitrogens with one attached hydrogen (secondary N) is 1. The molecule has 100 valence electrons. The lowest BCUT2D eigenvalue weighted by atomic mass is 10.3. The topological polar surface area (TPSA) is 38.6 Å². The van der Waals surface area contributed by atoms with Gasteiger partial charge in [0.05, 0.1) is 41.5 Å². The summed E-state index contributed by atoms with van der Waals surface area (Å²) >= 11 is 1.62. The number of terminal acetylenes is 1. The number of thiazole rings is 1. The molecule has 1 aromatic carbocycles. The molecule has 0 radical (unpaired) electrons. The van der Waals surface area contributed by atoms with Gasteiger partial charge in [-0.25, -0.2) is 4.98 Å². The van der Waals surface area contributed by atoms with E-state index in [2.05, 4.69) is 27.2 Å². The molecule has 1 N–H and O–H groups in total. The molecular formula is C15H13N3OS. The molecule has 0 amide bonds. The van der Waals surface area contributed by atoms with E-state index in [0.29, 0.717) is 6.54 Å². The third kappa shape index (κ3) is 1.91. The van der Waals surface area contributed by atoms with Gasteiger partial charge in [-0.15, -0.1) is 6.42 Å². The van der Waals surface area contributed by atoms with Crippen molar-refractivity contribution in [2.24, 2.45) is 0 Å². The molecule has 5 heteroatoms. The van der Waals surface area contributed by atoms with Gasteiger partial charge in [0, 0.05) is 0 Å². The second-order valence-electron chi connectivity index (χ2n) is 4.23. The highest BCUT2D eigenvalue weighted by Crippen LogP contribution is 2.31. The fourth-order valence-corrected chi connectivity index (χ4v) is 3.12. The van der Waals surface area contributed by atoms with Crippen LogP contribution in [0.25, 0.3) is 20.9 Å². The average molecular weight is 283 g/mol. The number of aromatic nitrogens is 2. The Hall–Kier alpha value is -2.45. The van der Waals surface area contributed by atoms with Crippen molar-refractivity contribution in [3.8, 4) is 18.1 Å². The van der Waals surface area contributed by atoms with Crippen LogP contribution in [0.3, 0.4) is 0 Å². The first-order valence-electron chi connectivity index (χ1n) is 6.05. The predicted molar refractivity (Wildman–Crippen MR) is 83.0 cm³/mol. The monoisotopic (exact) mass is 283 g/mol. The molecule has 0 aliphatic rings. The normalized spacial score (nSPS) is 10.6. The molecule has 0 fully saturated rings. The van der Waals surface area contributed by atoms with Gasteiger partial charge in [0.1, 0.15) is 5.75 Å². The summed E-state index contributed by atoms with van der Waals surface area (Å²) in [6.07, 6.45) is 7.06. The molecule has 20 heavy (non-hydrogen) atoms. The Morgan fingerprint density at radius 1 is 1.60 bits per heavy atom. The smallest absolute Gasteiger partial charge is 0.195 e. The number of imidazole rings is 1. The average Bonchev–Trinajstić information content (AvgIpc) is 3.02. The highest BCUT2D eigenvalue weighted by atomic mass is 32.1. The predicted octanol–water partition coefficient (Wildman–Crippen LogP) is 2.75. The lowest BCUT2D eigenvalue weighted by Gasteiger charge is -2.06. The van der Waals surface area contributed by atoms with Crippen LogP contribution < -0.4 is 10.1 Å². The summed E-state index contributed by atoms with van der Waals surface area (Å²) in [6, 6.07) is 5.98. The number of fused-ring (bicyclic) bond motifs is 3. The van der Waals surface area contributed by atoms with Crippen LogP contribution in [0.4, 0.5) is 0 Å². The van der Waals surface area contributed by atoms with Gasteiger partial charge in [0.2, 0.25) is 0 Å². The van der Waals surface area contributed by atoms with E-state index in [1.807, 2.05) is 18.2 Å². The molecule has 3 aromatic rings. The van der Waals surface area contributed by atoms with Crippen LogP contribution in [-0.2, 0) is 0 Å². The van der Waals surface area contributed by atoms with Crippen LogP contribution in [0.1, 0.15) is 5.69 Å². The molecule has 2 heterocycles. The summed E-state index contributed by atoms with van der Waals surface area (Å²) in [5.74, 6) is 3.38. The zero-order valence-corrected chi connectivity index (χ0v) is 11.8. The van der Waals surface area contributed by atoms with Crippen molar-refractivity contribution in [2.45, 2.75) is 0 Å². The minimum atomic E-state index is 0.446. The molecule has 0 spiro atoms. The van der Waals surface area contributed by atoms with E-state index < -0.39 is 0 Å². The molecule has 4 nitrogen and oxygen atoms in total. The Labute approximate surface area is 120 Å². The third-order valence-electron chi connectivity index (χ3n) is 3.05. The summed E-state index contributed by atoms with van der Waals surface area (Å²) in [6.45, 7) is 4.46. The van der Waals surface area contributed by atoms with Crippen LogP contribution in [0, 0.1) is 12.3 Å². The van der Waals surface area contributed by atoms with E-state index in [9.17, 15) is 0 Å². The van der Waals surface area contributed by atoms with Gasteiger partial charge in [-0.3, -0.25) is 4.40 Å². The Bertz CT molecular complexity index is 838. The molecule has 0 atom stereocenters. The van der Waals surface area contributed by atoms with Gasteiger partial charge in [-0.1, -0.05) is 23.8 Å². The quantitative estimate of drug-likeness (QED) is 0.748. The van der Waals surface area contributed by atoms with Crippen molar-refractivity contribution < 1.29 is 4.74 Å². The first-order chi connectivity index (χ1) is 9.74. The summed E-state index contributed by atoms with van der Waals surface area (Å²) in [5.41, 5.74) is 2.78. The number of hydrogen-bond donors (Lipinski definition) is 1. The van der Waals surface area contributed by atoms with Gasteiger partial charge in [0.25, 0.3) is 0 Å². The Morgan fingerprint density at radius 2 is 2.45 bits per heavy atom. The number of hydrogen-bond acceptors (Lipinski definition) is 4. The molecule has 3 rings (SSSR count). The lowest BCUT2D eigenvalue weighted by molar-refractivity contribution is 0.415. The number of ether oxygens (including phenoxy) is 1. The molecule has 0 bridgehead atoms. The summed E-state index contributed by atoms with van der Waals surface area (Å²) in [7, 11) is 1.66. The molecule has 0 unspecified atom stereocenters. The molecule has 0 aliphatic carbocycles. The van der Waals surface area contributed by atoms with Crippen molar-refractivity contribution in [1.82, 2.24) is 14.7 Å². The van der Waals surface area contributed by atoms with Gasteiger partial charge in [-0.2, -0.15) is 0 Å². The number of methoxy groups -OCH3 is 1. The second-order valence-corrected chi connectivity index (χ2v) is 5.24. The van der Waals surface area contributed by atoms with Crippen molar-refractivity contribution in [2.75, 3.05) is 13.7 Å². The fourth-order valence-electron chi connectivity index (χ4n) is 2.09. The summed E-state index contributed by atoms with van der Waals surface area (Å²) < 4.78 is 8.45. The number of rotatable bonds is 4. The van der Waals surface area contributed by atoms with E-state index in [4.69, 9.17) is 11.2 Å². The summed E-state index contributed by atoms with van der Waals surface area (Å²) in [4.78, 5) is 5.35. The van der Waals surface area contributed by atoms with Crippen LogP contribution >= 0.6 is 11.3 Å². The van der Waals surface area contributed by atoms with E-state index in [0.717, 1.165) is 32.3 Å². The van der Waals surface area contributed by atoms with Crippen molar-refractivity contribution in [1.29, 1.82) is 0 Å². The highest BCUT2D eigenvalue weighted by Gasteiger charge is 2.13. The summed E-state index contributed by atoms with van der Waals surface area (Å²) in [5, 5.41) is 3.09. The maximum atomic E-state index is 5.26. The van der Waals surface area contributed by atoms with Crippen LogP contribution in [0.2, 0.25) is 0 Å². The zero-order valence-electron chi connectivity index (χ0n) is 11.0. The van der Waals surface area contributed by atoms with Gasteiger partial charge < -0.3 is 10.1 Å². The fraction of sp³-hybridized carbons (Fsp3) is 0.133. The van der Waals surface area contributed by atoms with Gasteiger partial charge in [0.15, 0.2) is 4.96 Å². The van der Waals surface area contributed by atoms with Gasteiger partial charge in [-0.05, 0) is 18.2 Å². The SMILES string of the molecule is C#CCNC(=C)c1cnc2sc3cc(OC)ccc3n12. The van der Waals surface area contributed by atoms with Crippen molar-refractivity contribution >= 4 is 32.2 Å². The van der Waals surface area contributed by atoms with Crippen molar-refractivity contribution in [3.63, 3.8) is 0 Å². The zero-order chi connectivity index (χ0) is 14.1. The van der Waals surface area contributed by atoms with Crippen LogP contribution in [0.5, 0.6) is 5.75 Å². The molecule has 2 aromatic heterocycles. The van der Waals surface area contributed by atoms with E-state index in [1.54, 1.807) is 24.6 Å². The van der Waals surface area contributed by atoms with E-state index >= 15 is 0 Å². The van der Waals surface area contributed by atoms with Crippen molar-refractivity contribution in [3.05, 3.63) is 36.7 Å². The molecule has 0 aliphatic heterocycles. The Morgan fingerprint density at radius 3 is 3.20 bits per heavy atom. The standard InChI is InChI=1S/C15H13N3OS/c1-4-7-16-10(2)13-9-17-15-18(13)12-6-5-11(19-3)8-14(12)20-15/h1,5-6,8-9,16H,2,7H2,3H3. The Kier molecular flexibility index (Phi) is 3.09. The second kappa shape index (κ2) is 4.91. The minimum absolute atomic E-state index is 0.446.